The highest BCUT2D eigenvalue weighted by molar-refractivity contribution is 5.68. The topological polar surface area (TPSA) is 46.5 Å². The van der Waals surface area contributed by atoms with Crippen LogP contribution in [0.4, 0.5) is 0 Å². The van der Waals surface area contributed by atoms with Gasteiger partial charge in [0.15, 0.2) is 0 Å². The Kier molecular flexibility index (Phi) is 8.58. The molecule has 0 aromatic carbocycles. The van der Waals surface area contributed by atoms with Gasteiger partial charge in [-0.15, -0.1) is 0 Å². The van der Waals surface area contributed by atoms with Gasteiger partial charge < -0.3 is 9.84 Å². The second kappa shape index (κ2) is 10.7. The van der Waals surface area contributed by atoms with E-state index in [-0.39, 0.29) is 6.42 Å². The van der Waals surface area contributed by atoms with Crippen LogP contribution in [-0.4, -0.2) is 23.3 Å². The van der Waals surface area contributed by atoms with Crippen molar-refractivity contribution in [2.75, 3.05) is 0 Å². The van der Waals surface area contributed by atoms with Gasteiger partial charge in [0.25, 0.3) is 0 Å². The van der Waals surface area contributed by atoms with Crippen molar-refractivity contribution in [1.29, 1.82) is 0 Å². The molecule has 2 aliphatic heterocycles. The number of unbranched alkanes of at least 4 members (excludes halogenated alkanes) is 5. The molecule has 0 aromatic rings. The first-order chi connectivity index (χ1) is 11.7. The van der Waals surface area contributed by atoms with Gasteiger partial charge in [-0.2, -0.15) is 0 Å². The largest absolute Gasteiger partial charge is 0.481 e. The van der Waals surface area contributed by atoms with Crippen LogP contribution in [0.5, 0.6) is 0 Å². The fourth-order valence-corrected chi connectivity index (χ4v) is 4.17. The van der Waals surface area contributed by atoms with Gasteiger partial charge >= 0.3 is 5.97 Å². The molecule has 0 unspecified atom stereocenters. The van der Waals surface area contributed by atoms with E-state index in [9.17, 15) is 4.79 Å². The summed E-state index contributed by atoms with van der Waals surface area (Å²) < 4.78 is 6.16. The maximum Gasteiger partial charge on any atom is 0.307 e. The van der Waals surface area contributed by atoms with Crippen LogP contribution < -0.4 is 0 Å². The number of ether oxygens (including phenoxy) is 1. The smallest absolute Gasteiger partial charge is 0.307 e. The van der Waals surface area contributed by atoms with Crippen LogP contribution in [0.25, 0.3) is 0 Å². The second-order valence-corrected chi connectivity index (χ2v) is 7.31. The van der Waals surface area contributed by atoms with Gasteiger partial charge in [0.05, 0.1) is 18.6 Å². The zero-order chi connectivity index (χ0) is 17.2. The van der Waals surface area contributed by atoms with Gasteiger partial charge in [-0.25, -0.2) is 0 Å². The standard InChI is InChI=1S/C21H34O3/c1-2-3-4-5-6-9-12-17-18(20-16-15-19(17)24-20)13-10-7-8-11-14-21(22)23/h8-9,11-12,17-20H,2-7,10,13-16H2,1H3,(H,22,23)/t17-,18+,19-,20+/m1/s1. The number of fused-ring (bicyclic) bond motifs is 2. The normalized spacial score (nSPS) is 29.2. The number of hydrogen-bond donors (Lipinski definition) is 1. The molecule has 0 spiro atoms. The first-order valence-electron chi connectivity index (χ1n) is 9.91. The lowest BCUT2D eigenvalue weighted by Gasteiger charge is -2.25. The predicted molar refractivity (Wildman–Crippen MR) is 98.0 cm³/mol. The third kappa shape index (κ3) is 6.08. The van der Waals surface area contributed by atoms with Gasteiger partial charge in [0.2, 0.25) is 0 Å². The average molecular weight is 335 g/mol. The van der Waals surface area contributed by atoms with Gasteiger partial charge in [-0.3, -0.25) is 4.79 Å². The molecule has 2 bridgehead atoms. The molecular weight excluding hydrogens is 300 g/mol. The molecule has 0 aliphatic carbocycles. The van der Waals surface area contributed by atoms with E-state index in [1.165, 1.54) is 51.4 Å². The summed E-state index contributed by atoms with van der Waals surface area (Å²) in [5.41, 5.74) is 0. The van der Waals surface area contributed by atoms with E-state index in [4.69, 9.17) is 9.84 Å². The summed E-state index contributed by atoms with van der Waals surface area (Å²) in [5.74, 6) is 0.526. The fraction of sp³-hybridized carbons (Fsp3) is 0.762. The van der Waals surface area contributed by atoms with Gasteiger partial charge in [0, 0.05) is 5.92 Å². The number of carbonyl (C=O) groups is 1. The molecule has 2 rings (SSSR count). The summed E-state index contributed by atoms with van der Waals surface area (Å²) in [4.78, 5) is 10.5. The Bertz CT molecular complexity index is 427. The second-order valence-electron chi connectivity index (χ2n) is 7.31. The van der Waals surface area contributed by atoms with Crippen molar-refractivity contribution in [1.82, 2.24) is 0 Å². The zero-order valence-electron chi connectivity index (χ0n) is 15.2. The average Bonchev–Trinajstić information content (AvgIpc) is 3.15. The summed E-state index contributed by atoms with van der Waals surface area (Å²) in [7, 11) is 0. The van der Waals surface area contributed by atoms with Crippen molar-refractivity contribution >= 4 is 5.97 Å². The molecule has 3 heteroatoms. The Hall–Kier alpha value is -1.09. The van der Waals surface area contributed by atoms with Crippen LogP contribution in [0.3, 0.4) is 0 Å². The monoisotopic (exact) mass is 334 g/mol. The van der Waals surface area contributed by atoms with Crippen molar-refractivity contribution < 1.29 is 14.6 Å². The molecule has 136 valence electrons. The minimum Gasteiger partial charge on any atom is -0.481 e. The van der Waals surface area contributed by atoms with E-state index in [1.807, 2.05) is 6.08 Å². The molecule has 0 amide bonds. The Balaban J connectivity index is 1.70. The zero-order valence-corrected chi connectivity index (χ0v) is 15.2. The summed E-state index contributed by atoms with van der Waals surface area (Å²) in [6.45, 7) is 2.25. The molecule has 2 saturated heterocycles. The molecule has 4 atom stereocenters. The van der Waals surface area contributed by atoms with Crippen LogP contribution in [-0.2, 0) is 9.53 Å². The van der Waals surface area contributed by atoms with Crippen molar-refractivity contribution in [2.24, 2.45) is 11.8 Å². The molecular formula is C21H34O3. The van der Waals surface area contributed by atoms with Crippen LogP contribution in [0.2, 0.25) is 0 Å². The SMILES string of the molecule is CCCCCCC=C[C@@H]1[C@H](CCCC=CCC(=O)O)[C@@H]2CC[C@H]1O2. The Morgan fingerprint density at radius 1 is 1.04 bits per heavy atom. The summed E-state index contributed by atoms with van der Waals surface area (Å²) in [6, 6.07) is 0. The highest BCUT2D eigenvalue weighted by Gasteiger charge is 2.46. The van der Waals surface area contributed by atoms with Crippen LogP contribution in [0.15, 0.2) is 24.3 Å². The van der Waals surface area contributed by atoms with Crippen molar-refractivity contribution in [2.45, 2.75) is 89.8 Å². The molecule has 1 N–H and O–H groups in total. The first-order valence-corrected chi connectivity index (χ1v) is 9.91. The predicted octanol–water partition coefficient (Wildman–Crippen LogP) is 5.51. The van der Waals surface area contributed by atoms with E-state index in [0.29, 0.717) is 24.0 Å². The fourth-order valence-electron chi connectivity index (χ4n) is 4.17. The maximum absolute atomic E-state index is 10.5. The van der Waals surface area contributed by atoms with Crippen LogP contribution >= 0.6 is 0 Å². The highest BCUT2D eigenvalue weighted by atomic mass is 16.5. The van der Waals surface area contributed by atoms with Gasteiger partial charge in [-0.05, 0) is 50.9 Å². The molecule has 24 heavy (non-hydrogen) atoms. The van der Waals surface area contributed by atoms with Crippen LogP contribution in [0, 0.1) is 11.8 Å². The Morgan fingerprint density at radius 3 is 2.62 bits per heavy atom. The molecule has 3 nitrogen and oxygen atoms in total. The van der Waals surface area contributed by atoms with Crippen molar-refractivity contribution in [3.8, 4) is 0 Å². The van der Waals surface area contributed by atoms with Crippen molar-refractivity contribution in [3.05, 3.63) is 24.3 Å². The van der Waals surface area contributed by atoms with E-state index < -0.39 is 5.97 Å². The summed E-state index contributed by atoms with van der Waals surface area (Å²) >= 11 is 0. The molecule has 2 fully saturated rings. The summed E-state index contributed by atoms with van der Waals surface area (Å²) in [6.07, 6.45) is 22.0. The van der Waals surface area contributed by atoms with Crippen LogP contribution in [0.1, 0.15) is 77.6 Å². The quantitative estimate of drug-likeness (QED) is 0.378. The third-order valence-corrected chi connectivity index (χ3v) is 5.44. The third-order valence-electron chi connectivity index (χ3n) is 5.44. The number of rotatable bonds is 12. The van der Waals surface area contributed by atoms with Gasteiger partial charge in [-0.1, -0.05) is 50.5 Å². The first kappa shape index (κ1) is 19.2. The minimum absolute atomic E-state index is 0.140. The van der Waals surface area contributed by atoms with Crippen molar-refractivity contribution in [3.63, 3.8) is 0 Å². The number of hydrogen-bond acceptors (Lipinski definition) is 2. The lowest BCUT2D eigenvalue weighted by Crippen LogP contribution is -2.25. The Morgan fingerprint density at radius 2 is 1.83 bits per heavy atom. The lowest BCUT2D eigenvalue weighted by molar-refractivity contribution is -0.136. The van der Waals surface area contributed by atoms with E-state index in [2.05, 4.69) is 19.1 Å². The van der Waals surface area contributed by atoms with Gasteiger partial charge in [0.1, 0.15) is 0 Å². The van der Waals surface area contributed by atoms with E-state index in [1.54, 1.807) is 6.08 Å². The molecule has 0 saturated carbocycles. The summed E-state index contributed by atoms with van der Waals surface area (Å²) in [5, 5.41) is 8.62. The number of carboxylic acid groups (broad SMARTS) is 1. The molecule has 2 heterocycles. The Labute approximate surface area is 147 Å². The minimum atomic E-state index is -0.753. The highest BCUT2D eigenvalue weighted by Crippen LogP contribution is 2.46. The number of aliphatic carboxylic acids is 1. The molecule has 2 aliphatic rings. The van der Waals surface area contributed by atoms with E-state index >= 15 is 0 Å². The van der Waals surface area contributed by atoms with E-state index in [0.717, 1.165) is 12.8 Å². The lowest BCUT2D eigenvalue weighted by atomic mass is 9.76. The molecule has 0 radical (unpaired) electrons. The maximum atomic E-state index is 10.5. The molecule has 0 aromatic heterocycles. The number of carboxylic acids is 1. The number of allylic oxidation sites excluding steroid dienone is 2.